The number of rotatable bonds is 40. The van der Waals surface area contributed by atoms with Gasteiger partial charge < -0.3 is 90.0 Å². The van der Waals surface area contributed by atoms with Gasteiger partial charge in [-0.25, -0.2) is 4.79 Å². The Labute approximate surface area is 496 Å². The number of aliphatic hydroxyl groups is 2. The molecule has 0 unspecified atom stereocenters. The number of amides is 9. The number of hydrogen-bond acceptors (Lipinski definition) is 17. The van der Waals surface area contributed by atoms with Crippen LogP contribution in [0.4, 0.5) is 0 Å². The van der Waals surface area contributed by atoms with Crippen LogP contribution in [0.1, 0.15) is 104 Å². The van der Waals surface area contributed by atoms with Crippen molar-refractivity contribution in [3.63, 3.8) is 0 Å². The molecule has 0 aromatic heterocycles. The Morgan fingerprint density at radius 2 is 0.860 bits per heavy atom. The minimum Gasteiger partial charge on any atom is -0.481 e. The van der Waals surface area contributed by atoms with Gasteiger partial charge in [0.15, 0.2) is 0 Å². The average Bonchev–Trinajstić information content (AvgIpc) is 2.66. The van der Waals surface area contributed by atoms with Crippen molar-refractivity contribution in [3.8, 4) is 0 Å². The molecule has 2 aromatic carbocycles. The second kappa shape index (κ2) is 37.6. The summed E-state index contributed by atoms with van der Waals surface area (Å²) in [4.78, 5) is 171. The molecule has 2 rings (SSSR count). The van der Waals surface area contributed by atoms with E-state index in [-0.39, 0.29) is 45.1 Å². The zero-order chi connectivity index (χ0) is 64.8. The molecular weight excluding hydrogens is 1130 g/mol. The Morgan fingerprint density at radius 1 is 0.453 bits per heavy atom. The Morgan fingerprint density at radius 3 is 1.36 bits per heavy atom. The summed E-state index contributed by atoms with van der Waals surface area (Å²) in [6.45, 7) is 6.37. The van der Waals surface area contributed by atoms with Crippen molar-refractivity contribution in [2.75, 3.05) is 13.2 Å². The van der Waals surface area contributed by atoms with Gasteiger partial charge >= 0.3 is 23.9 Å². The smallest absolute Gasteiger partial charge is 0.326 e. The van der Waals surface area contributed by atoms with Crippen molar-refractivity contribution in [1.29, 1.82) is 0 Å². The Balaban J connectivity index is 2.40. The van der Waals surface area contributed by atoms with Gasteiger partial charge in [0.05, 0.1) is 25.2 Å². The van der Waals surface area contributed by atoms with Crippen molar-refractivity contribution in [1.82, 2.24) is 47.9 Å². The zero-order valence-corrected chi connectivity index (χ0v) is 48.6. The van der Waals surface area contributed by atoms with E-state index in [1.54, 1.807) is 74.5 Å². The van der Waals surface area contributed by atoms with Crippen LogP contribution in [-0.2, 0) is 75.2 Å². The molecule has 0 aliphatic heterocycles. The molecule has 0 aliphatic rings. The first kappa shape index (κ1) is 73.5. The molecular formula is C56H83N11O19. The highest BCUT2D eigenvalue weighted by atomic mass is 16.4. The number of benzene rings is 2. The van der Waals surface area contributed by atoms with Gasteiger partial charge in [-0.2, -0.15) is 0 Å². The Hall–Kier alpha value is -8.61. The first-order chi connectivity index (χ1) is 40.5. The summed E-state index contributed by atoms with van der Waals surface area (Å²) in [5.41, 5.74) is 12.6. The number of nitrogens with one attached hydrogen (secondary N) is 9. The van der Waals surface area contributed by atoms with E-state index in [1.165, 1.54) is 13.8 Å². The lowest BCUT2D eigenvalue weighted by atomic mass is 9.96. The maximum atomic E-state index is 14.1. The lowest BCUT2D eigenvalue weighted by Gasteiger charge is -2.29. The fourth-order valence-electron chi connectivity index (χ4n) is 8.41. The molecule has 0 saturated carbocycles. The van der Waals surface area contributed by atoms with Crippen LogP contribution in [0.3, 0.4) is 0 Å². The van der Waals surface area contributed by atoms with Gasteiger partial charge in [-0.1, -0.05) is 94.8 Å². The molecule has 12 atom stereocenters. The summed E-state index contributed by atoms with van der Waals surface area (Å²) in [7, 11) is 0. The lowest BCUT2D eigenvalue weighted by Crippen LogP contribution is -2.62. The van der Waals surface area contributed by atoms with Crippen LogP contribution in [0.15, 0.2) is 60.7 Å². The fourth-order valence-corrected chi connectivity index (χ4v) is 8.41. The van der Waals surface area contributed by atoms with Crippen molar-refractivity contribution in [2.24, 2.45) is 23.3 Å². The predicted octanol–water partition coefficient (Wildman–Crippen LogP) is -3.34. The number of aliphatic hydroxyl groups excluding tert-OH is 2. The molecule has 19 N–H and O–H groups in total. The van der Waals surface area contributed by atoms with Crippen LogP contribution in [0.2, 0.25) is 0 Å². The third-order valence-corrected chi connectivity index (χ3v) is 13.6. The molecule has 30 heteroatoms. The molecule has 0 heterocycles. The third-order valence-electron chi connectivity index (χ3n) is 13.6. The van der Waals surface area contributed by atoms with E-state index in [1.807, 2.05) is 0 Å². The minimum atomic E-state index is -1.99. The number of nitrogens with two attached hydrogens (primary N) is 2. The topological polar surface area (TPSA) is 504 Å². The average molecular weight is 1210 g/mol. The second-order valence-corrected chi connectivity index (χ2v) is 20.9. The van der Waals surface area contributed by atoms with E-state index in [4.69, 9.17) is 16.6 Å². The monoisotopic (exact) mass is 1210 g/mol. The largest absolute Gasteiger partial charge is 0.481 e. The molecule has 0 aliphatic carbocycles. The van der Waals surface area contributed by atoms with Gasteiger partial charge in [0.1, 0.15) is 54.4 Å². The first-order valence-electron chi connectivity index (χ1n) is 28.0. The van der Waals surface area contributed by atoms with Crippen molar-refractivity contribution < 1.29 is 93.0 Å². The summed E-state index contributed by atoms with van der Waals surface area (Å²) in [6.07, 6.45) is -4.87. The number of carbonyl (C=O) groups excluding carboxylic acids is 9. The van der Waals surface area contributed by atoms with E-state index in [9.17, 15) is 87.9 Å². The highest BCUT2D eigenvalue weighted by molar-refractivity contribution is 5.99. The second-order valence-electron chi connectivity index (χ2n) is 20.9. The first-order valence-corrected chi connectivity index (χ1v) is 28.0. The molecule has 476 valence electrons. The highest BCUT2D eigenvalue weighted by Crippen LogP contribution is 2.14. The summed E-state index contributed by atoms with van der Waals surface area (Å²) in [6, 6.07) is 0.138. The van der Waals surface area contributed by atoms with E-state index < -0.39 is 188 Å². The molecule has 0 radical (unpaired) electrons. The zero-order valence-electron chi connectivity index (χ0n) is 48.6. The number of unbranched alkanes of at least 4 members (excludes halogenated alkanes) is 1. The fraction of sp³-hybridized carbons (Fsp3) is 0.554. The summed E-state index contributed by atoms with van der Waals surface area (Å²) in [5, 5.41) is 80.7. The summed E-state index contributed by atoms with van der Waals surface area (Å²) >= 11 is 0. The Kier molecular flexibility index (Phi) is 32.2. The van der Waals surface area contributed by atoms with Crippen LogP contribution in [0, 0.1) is 11.8 Å². The van der Waals surface area contributed by atoms with Crippen LogP contribution < -0.4 is 59.3 Å². The van der Waals surface area contributed by atoms with Gasteiger partial charge in [-0.3, -0.25) is 57.5 Å². The third kappa shape index (κ3) is 26.1. The van der Waals surface area contributed by atoms with Crippen molar-refractivity contribution in [3.05, 3.63) is 71.8 Å². The maximum absolute atomic E-state index is 14.1. The number of carboxylic acid groups (broad SMARTS) is 4. The lowest BCUT2D eigenvalue weighted by molar-refractivity contribution is -0.143. The molecule has 30 nitrogen and oxygen atoms in total. The quantitative estimate of drug-likeness (QED) is 0.0290. The van der Waals surface area contributed by atoms with Gasteiger partial charge in [-0.15, -0.1) is 0 Å². The SMILES string of the molecule is CC[C@H](C)[C@H](NC(=O)[C@@H](N)CCC(=O)O)C(=O)N[C@@H](Cc1ccccc1)C(=O)N[C@@H](CO)C(=O)N[C@@H](CCC(=O)O)C(=O)N[C@H](C(=O)N[C@@H](CCCCN)C(=O)N[C@@H](CC(=O)O)C(=O)N[C@H](C(=O)N[C@@H](Cc1ccccc1)C(=O)O)C(C)C)[C@@H](C)O. The summed E-state index contributed by atoms with van der Waals surface area (Å²) in [5.74, 6) is -16.8. The van der Waals surface area contributed by atoms with E-state index in [0.717, 1.165) is 6.92 Å². The van der Waals surface area contributed by atoms with E-state index in [2.05, 4.69) is 47.9 Å². The number of carbonyl (C=O) groups is 13. The molecule has 0 saturated heterocycles. The number of hydrogen-bond donors (Lipinski definition) is 17. The van der Waals surface area contributed by atoms with Crippen LogP contribution in [0.25, 0.3) is 0 Å². The molecule has 0 bridgehead atoms. The molecule has 0 fully saturated rings. The molecule has 86 heavy (non-hydrogen) atoms. The molecule has 2 aromatic rings. The minimum absolute atomic E-state index is 0.107. The van der Waals surface area contributed by atoms with Gasteiger partial charge in [-0.05, 0) is 68.5 Å². The van der Waals surface area contributed by atoms with Gasteiger partial charge in [0, 0.05) is 25.7 Å². The summed E-state index contributed by atoms with van der Waals surface area (Å²) < 4.78 is 0. The highest BCUT2D eigenvalue weighted by Gasteiger charge is 2.38. The van der Waals surface area contributed by atoms with Crippen molar-refractivity contribution in [2.45, 2.75) is 172 Å². The van der Waals surface area contributed by atoms with Crippen LogP contribution >= 0.6 is 0 Å². The van der Waals surface area contributed by atoms with Crippen LogP contribution in [-0.4, -0.2) is 187 Å². The van der Waals surface area contributed by atoms with E-state index in [0.29, 0.717) is 17.5 Å². The van der Waals surface area contributed by atoms with Crippen molar-refractivity contribution >= 4 is 77.0 Å². The standard InChI is InChI=1S/C56H83N11O19/c1-6-30(4)45(66-47(76)34(58)20-22-41(70)71)54(83)62-37(25-32-15-9-7-10-16-32)50(79)64-40(28-68)52(81)59-36(21-23-42(72)73)49(78)67-46(31(5)69)55(84)60-35(19-13-14-24-57)48(77)61-38(27-43(74)75)51(80)65-44(29(2)3)53(82)63-39(56(85)86)26-33-17-11-8-12-18-33/h7-12,15-18,29-31,34-40,44-46,68-69H,6,13-14,19-28,57-58H2,1-5H3,(H,59,81)(H,60,84)(H,61,77)(H,62,83)(H,63,82)(H,64,79)(H,65,80)(H,66,76)(H,67,78)(H,70,71)(H,72,73)(H,74,75)(H,85,86)/t30-,31+,34-,35-,36-,37-,38-,39-,40-,44-,45-,46-/m0/s1. The number of aliphatic carboxylic acids is 4. The Bertz CT molecular complexity index is 2630. The molecule has 9 amide bonds. The maximum Gasteiger partial charge on any atom is 0.326 e. The van der Waals surface area contributed by atoms with Gasteiger partial charge in [0.2, 0.25) is 53.2 Å². The normalized spacial score (nSPS) is 15.3. The van der Waals surface area contributed by atoms with Crippen LogP contribution in [0.5, 0.6) is 0 Å². The predicted molar refractivity (Wildman–Crippen MR) is 305 cm³/mol. The molecule has 0 spiro atoms. The number of carboxylic acids is 4. The van der Waals surface area contributed by atoms with Gasteiger partial charge in [0.25, 0.3) is 0 Å². The van der Waals surface area contributed by atoms with E-state index >= 15 is 0 Å².